The predicted molar refractivity (Wildman–Crippen MR) is 121 cm³/mol. The van der Waals surface area contributed by atoms with Crippen molar-refractivity contribution < 1.29 is 32.7 Å². The predicted octanol–water partition coefficient (Wildman–Crippen LogP) is 2.39. The third-order valence-electron chi connectivity index (χ3n) is 7.16. The van der Waals surface area contributed by atoms with Crippen molar-refractivity contribution in [2.45, 2.75) is 57.4 Å². The molecule has 5 rings (SSSR count). The van der Waals surface area contributed by atoms with E-state index in [2.05, 4.69) is 10.4 Å². The molecule has 4 heterocycles. The molecule has 10 nitrogen and oxygen atoms in total. The first-order valence-electron chi connectivity index (χ1n) is 11.7. The number of carbonyl (C=O) groups is 3. The molecule has 0 aliphatic carbocycles. The summed E-state index contributed by atoms with van der Waals surface area (Å²) in [6.45, 7) is 3.12. The van der Waals surface area contributed by atoms with Gasteiger partial charge in [0.1, 0.15) is 6.04 Å². The van der Waals surface area contributed by atoms with Crippen LogP contribution in [0, 0.1) is 17.5 Å². The third kappa shape index (κ3) is 4.16. The summed E-state index contributed by atoms with van der Waals surface area (Å²) in [5.74, 6) is -5.49. The van der Waals surface area contributed by atoms with Crippen molar-refractivity contribution in [3.8, 4) is 0 Å². The summed E-state index contributed by atoms with van der Waals surface area (Å²) in [6.07, 6.45) is 3.06. The molecule has 0 bridgehead atoms. The van der Waals surface area contributed by atoms with E-state index in [4.69, 9.17) is 0 Å². The zero-order valence-corrected chi connectivity index (χ0v) is 19.5. The number of carboxylic acid groups (broad SMARTS) is 1. The fourth-order valence-corrected chi connectivity index (χ4v) is 5.34. The van der Waals surface area contributed by atoms with Gasteiger partial charge >= 0.3 is 12.0 Å². The lowest BCUT2D eigenvalue weighted by atomic mass is 10.1. The van der Waals surface area contributed by atoms with Crippen molar-refractivity contribution in [3.05, 3.63) is 41.5 Å². The van der Waals surface area contributed by atoms with Crippen molar-refractivity contribution in [2.24, 2.45) is 0 Å². The molecule has 192 valence electrons. The molecule has 3 aliphatic heterocycles. The number of aliphatic carboxylic acids is 1. The highest BCUT2D eigenvalue weighted by molar-refractivity contribution is 5.97. The number of urea groups is 1. The van der Waals surface area contributed by atoms with Crippen LogP contribution >= 0.6 is 0 Å². The zero-order chi connectivity index (χ0) is 25.7. The van der Waals surface area contributed by atoms with Crippen LogP contribution in [0.25, 0.3) is 0 Å². The highest BCUT2D eigenvalue weighted by Gasteiger charge is 2.43. The molecule has 0 saturated carbocycles. The minimum Gasteiger partial charge on any atom is -0.480 e. The van der Waals surface area contributed by atoms with Gasteiger partial charge in [0.05, 0.1) is 36.7 Å². The molecule has 1 aromatic carbocycles. The second-order valence-corrected chi connectivity index (χ2v) is 9.42. The summed E-state index contributed by atoms with van der Waals surface area (Å²) in [4.78, 5) is 42.4. The van der Waals surface area contributed by atoms with E-state index in [0.29, 0.717) is 49.6 Å². The molecule has 0 spiro atoms. The Hall–Kier alpha value is -3.61. The average Bonchev–Trinajstić information content (AvgIpc) is 3.54. The Morgan fingerprint density at radius 3 is 2.58 bits per heavy atom. The summed E-state index contributed by atoms with van der Waals surface area (Å²) in [6, 6.07) is -0.410. The maximum Gasteiger partial charge on any atom is 0.322 e. The highest BCUT2D eigenvalue weighted by Crippen LogP contribution is 2.33. The molecular formula is C23H25F3N6O4. The van der Waals surface area contributed by atoms with Gasteiger partial charge in [-0.1, -0.05) is 0 Å². The number of amides is 3. The van der Waals surface area contributed by atoms with E-state index in [1.807, 2.05) is 4.90 Å². The van der Waals surface area contributed by atoms with Crippen molar-refractivity contribution >= 4 is 29.3 Å². The first-order chi connectivity index (χ1) is 17.1. The van der Waals surface area contributed by atoms with Gasteiger partial charge in [-0.25, -0.2) is 18.0 Å². The number of carboxylic acids is 1. The summed E-state index contributed by atoms with van der Waals surface area (Å²) in [5.41, 5.74) is 0.932. The fourth-order valence-electron chi connectivity index (χ4n) is 5.34. The third-order valence-corrected chi connectivity index (χ3v) is 7.16. The molecular weight excluding hydrogens is 481 g/mol. The fraction of sp³-hybridized carbons (Fsp3) is 0.478. The van der Waals surface area contributed by atoms with Crippen LogP contribution in [0.2, 0.25) is 0 Å². The van der Waals surface area contributed by atoms with Gasteiger partial charge in [0.15, 0.2) is 17.5 Å². The lowest BCUT2D eigenvalue weighted by Gasteiger charge is -2.35. The molecule has 2 saturated heterocycles. The number of nitrogens with one attached hydrogen (secondary N) is 1. The lowest BCUT2D eigenvalue weighted by Crippen LogP contribution is -2.47. The molecule has 1 aromatic heterocycles. The molecule has 2 N–H and O–H groups in total. The molecule has 3 aliphatic rings. The Labute approximate surface area is 204 Å². The van der Waals surface area contributed by atoms with Crippen LogP contribution in [-0.4, -0.2) is 73.8 Å². The van der Waals surface area contributed by atoms with E-state index < -0.39 is 35.5 Å². The molecule has 36 heavy (non-hydrogen) atoms. The van der Waals surface area contributed by atoms with Crippen LogP contribution in [0.5, 0.6) is 0 Å². The second-order valence-electron chi connectivity index (χ2n) is 9.42. The van der Waals surface area contributed by atoms with Crippen LogP contribution in [0.1, 0.15) is 31.9 Å². The topological polar surface area (TPSA) is 111 Å². The molecule has 13 heteroatoms. The van der Waals surface area contributed by atoms with Crippen LogP contribution in [0.15, 0.2) is 18.3 Å². The Bertz CT molecular complexity index is 1210. The van der Waals surface area contributed by atoms with E-state index in [1.165, 1.54) is 4.90 Å². The number of hydrogen-bond donors (Lipinski definition) is 2. The standard InChI is InChI=1S/C23H25F3N6O4/c1-12-9-32-19(11-30(12)23(36)28-13-5-15(24)21(26)16(25)6-13)18(8-27-32)31-10-14(7-20(31)33)29-4-2-3-17(29)22(34)35/h5-6,8,12,14,17H,2-4,7,9-11H2,1H3,(H,28,36)(H,34,35)/t12-,14?,17+/m0/s1. The van der Waals surface area contributed by atoms with E-state index in [0.717, 1.165) is 6.42 Å². The van der Waals surface area contributed by atoms with E-state index in [9.17, 15) is 32.7 Å². The summed E-state index contributed by atoms with van der Waals surface area (Å²) >= 11 is 0. The maximum atomic E-state index is 13.6. The second kappa shape index (κ2) is 9.12. The number of hydrogen-bond acceptors (Lipinski definition) is 5. The van der Waals surface area contributed by atoms with Gasteiger partial charge < -0.3 is 20.2 Å². The number of aromatic nitrogens is 2. The Morgan fingerprint density at radius 1 is 1.17 bits per heavy atom. The summed E-state index contributed by atoms with van der Waals surface area (Å²) in [5, 5.41) is 16.3. The number of carbonyl (C=O) groups excluding carboxylic acids is 2. The molecule has 2 fully saturated rings. The molecule has 1 unspecified atom stereocenters. The van der Waals surface area contributed by atoms with Crippen molar-refractivity contribution in [3.63, 3.8) is 0 Å². The van der Waals surface area contributed by atoms with E-state index in [-0.39, 0.29) is 36.6 Å². The summed E-state index contributed by atoms with van der Waals surface area (Å²) < 4.78 is 42.1. The van der Waals surface area contributed by atoms with Gasteiger partial charge in [0, 0.05) is 36.8 Å². The van der Waals surface area contributed by atoms with Gasteiger partial charge in [-0.15, -0.1) is 0 Å². The number of anilines is 2. The number of benzene rings is 1. The normalized spacial score (nSPS) is 24.3. The van der Waals surface area contributed by atoms with Gasteiger partial charge in [0.2, 0.25) is 5.91 Å². The first-order valence-corrected chi connectivity index (χ1v) is 11.7. The highest BCUT2D eigenvalue weighted by atomic mass is 19.2. The van der Waals surface area contributed by atoms with Crippen molar-refractivity contribution in [2.75, 3.05) is 23.3 Å². The number of fused-ring (bicyclic) bond motifs is 1. The van der Waals surface area contributed by atoms with Gasteiger partial charge in [-0.05, 0) is 26.3 Å². The van der Waals surface area contributed by atoms with Gasteiger partial charge in [-0.2, -0.15) is 5.10 Å². The van der Waals surface area contributed by atoms with E-state index >= 15 is 0 Å². The minimum absolute atomic E-state index is 0.0738. The van der Waals surface area contributed by atoms with Crippen LogP contribution < -0.4 is 10.2 Å². The first kappa shape index (κ1) is 24.1. The van der Waals surface area contributed by atoms with Crippen LogP contribution in [-0.2, 0) is 22.7 Å². The van der Waals surface area contributed by atoms with E-state index in [1.54, 1.807) is 22.7 Å². The van der Waals surface area contributed by atoms with Crippen LogP contribution in [0.4, 0.5) is 29.3 Å². The Kier molecular flexibility index (Phi) is 6.10. The number of rotatable bonds is 4. The maximum absolute atomic E-state index is 13.6. The summed E-state index contributed by atoms with van der Waals surface area (Å²) in [7, 11) is 0. The Balaban J connectivity index is 1.33. The monoisotopic (exact) mass is 506 g/mol. The smallest absolute Gasteiger partial charge is 0.322 e. The minimum atomic E-state index is -1.62. The largest absolute Gasteiger partial charge is 0.480 e. The zero-order valence-electron chi connectivity index (χ0n) is 19.5. The lowest BCUT2D eigenvalue weighted by molar-refractivity contribution is -0.143. The Morgan fingerprint density at radius 2 is 1.89 bits per heavy atom. The quantitative estimate of drug-likeness (QED) is 0.617. The molecule has 3 atom stereocenters. The molecule has 0 radical (unpaired) electrons. The van der Waals surface area contributed by atoms with Crippen molar-refractivity contribution in [1.29, 1.82) is 0 Å². The average molecular weight is 506 g/mol. The van der Waals surface area contributed by atoms with Gasteiger partial charge in [0.25, 0.3) is 0 Å². The number of likely N-dealkylation sites (tertiary alicyclic amines) is 1. The molecule has 2 aromatic rings. The SMILES string of the molecule is C[C@H]1Cn2ncc(N3CC(N4CCC[C@@H]4C(=O)O)CC3=O)c2CN1C(=O)Nc1cc(F)c(F)c(F)c1. The van der Waals surface area contributed by atoms with Gasteiger partial charge in [-0.3, -0.25) is 19.2 Å². The number of halogens is 3. The van der Waals surface area contributed by atoms with Crippen molar-refractivity contribution in [1.82, 2.24) is 19.6 Å². The number of nitrogens with zero attached hydrogens (tertiary/aromatic N) is 5. The molecule has 3 amide bonds. The van der Waals surface area contributed by atoms with Crippen LogP contribution in [0.3, 0.4) is 0 Å².